The fraction of sp³-hybridized carbons (Fsp3) is 0.667. The fourth-order valence-corrected chi connectivity index (χ4v) is 2.97. The first-order chi connectivity index (χ1) is 8.52. The Bertz CT molecular complexity index is 440. The second kappa shape index (κ2) is 5.98. The first-order valence-electron chi connectivity index (χ1n) is 6.13. The van der Waals surface area contributed by atoms with E-state index in [-0.39, 0.29) is 6.04 Å². The summed E-state index contributed by atoms with van der Waals surface area (Å²) in [6.45, 7) is 5.18. The standard InChI is InChI=1S/C12H18ClIN4/c1-4-8-10(14)11(13)16-12(15-8)9-7-17(2)5-6-18(9)3/h9H,4-7H2,1-3H3. The maximum Gasteiger partial charge on any atom is 0.148 e. The van der Waals surface area contributed by atoms with Crippen LogP contribution in [0.25, 0.3) is 0 Å². The highest BCUT2D eigenvalue weighted by Crippen LogP contribution is 2.25. The zero-order valence-corrected chi connectivity index (χ0v) is 13.9. The molecule has 1 aromatic heterocycles. The van der Waals surface area contributed by atoms with E-state index < -0.39 is 0 Å². The molecule has 2 rings (SSSR count). The highest BCUT2D eigenvalue weighted by molar-refractivity contribution is 14.1. The van der Waals surface area contributed by atoms with Gasteiger partial charge in [-0.15, -0.1) is 0 Å². The molecule has 1 saturated heterocycles. The summed E-state index contributed by atoms with van der Waals surface area (Å²) in [5.74, 6) is 0.853. The van der Waals surface area contributed by atoms with E-state index in [1.807, 2.05) is 0 Å². The van der Waals surface area contributed by atoms with Crippen LogP contribution in [-0.2, 0) is 6.42 Å². The Kier molecular flexibility index (Phi) is 4.80. The number of aryl methyl sites for hydroxylation is 1. The van der Waals surface area contributed by atoms with Crippen molar-refractivity contribution in [1.29, 1.82) is 0 Å². The molecule has 0 aliphatic carbocycles. The summed E-state index contributed by atoms with van der Waals surface area (Å²) >= 11 is 8.43. The van der Waals surface area contributed by atoms with E-state index in [1.165, 1.54) is 0 Å². The van der Waals surface area contributed by atoms with Gasteiger partial charge in [-0.05, 0) is 43.1 Å². The van der Waals surface area contributed by atoms with Crippen molar-refractivity contribution < 1.29 is 0 Å². The van der Waals surface area contributed by atoms with E-state index in [1.54, 1.807) is 0 Å². The molecule has 4 nitrogen and oxygen atoms in total. The highest BCUT2D eigenvalue weighted by atomic mass is 127. The van der Waals surface area contributed by atoms with Crippen LogP contribution in [-0.4, -0.2) is 53.5 Å². The van der Waals surface area contributed by atoms with Crippen molar-refractivity contribution in [3.63, 3.8) is 0 Å². The van der Waals surface area contributed by atoms with Gasteiger partial charge in [0, 0.05) is 19.6 Å². The van der Waals surface area contributed by atoms with Crippen molar-refractivity contribution in [2.45, 2.75) is 19.4 Å². The molecule has 0 amide bonds. The van der Waals surface area contributed by atoms with Crippen LogP contribution in [0, 0.1) is 3.57 Å². The number of hydrogen-bond donors (Lipinski definition) is 0. The van der Waals surface area contributed by atoms with Crippen molar-refractivity contribution in [2.24, 2.45) is 0 Å². The van der Waals surface area contributed by atoms with Crippen LogP contribution < -0.4 is 0 Å². The van der Waals surface area contributed by atoms with Crippen LogP contribution in [0.15, 0.2) is 0 Å². The molecule has 0 aromatic carbocycles. The van der Waals surface area contributed by atoms with Gasteiger partial charge in [-0.25, -0.2) is 9.97 Å². The van der Waals surface area contributed by atoms with Crippen molar-refractivity contribution in [3.8, 4) is 0 Å². The maximum absolute atomic E-state index is 6.21. The van der Waals surface area contributed by atoms with Gasteiger partial charge in [0.15, 0.2) is 0 Å². The van der Waals surface area contributed by atoms with Crippen molar-refractivity contribution in [2.75, 3.05) is 33.7 Å². The third-order valence-corrected chi connectivity index (χ3v) is 5.11. The van der Waals surface area contributed by atoms with E-state index in [9.17, 15) is 0 Å². The van der Waals surface area contributed by atoms with Gasteiger partial charge in [-0.3, -0.25) is 4.90 Å². The van der Waals surface area contributed by atoms with Gasteiger partial charge in [0.1, 0.15) is 11.0 Å². The summed E-state index contributed by atoms with van der Waals surface area (Å²) in [6, 6.07) is 0.239. The Morgan fingerprint density at radius 1 is 1.33 bits per heavy atom. The number of nitrogens with zero attached hydrogens (tertiary/aromatic N) is 4. The second-order valence-electron chi connectivity index (χ2n) is 4.75. The van der Waals surface area contributed by atoms with Gasteiger partial charge in [0.2, 0.25) is 0 Å². The van der Waals surface area contributed by atoms with E-state index in [2.05, 4.69) is 63.4 Å². The molecular weight excluding hydrogens is 363 g/mol. The monoisotopic (exact) mass is 380 g/mol. The highest BCUT2D eigenvalue weighted by Gasteiger charge is 2.27. The van der Waals surface area contributed by atoms with E-state index in [0.29, 0.717) is 5.15 Å². The molecule has 1 aliphatic heterocycles. The number of rotatable bonds is 2. The van der Waals surface area contributed by atoms with Crippen LogP contribution in [0.5, 0.6) is 0 Å². The molecule has 1 atom stereocenters. The molecule has 1 aromatic rings. The van der Waals surface area contributed by atoms with Crippen LogP contribution in [0.4, 0.5) is 0 Å². The average Bonchev–Trinajstić information content (AvgIpc) is 2.35. The van der Waals surface area contributed by atoms with Crippen LogP contribution in [0.2, 0.25) is 5.15 Å². The Labute approximate surface area is 127 Å². The zero-order chi connectivity index (χ0) is 13.3. The second-order valence-corrected chi connectivity index (χ2v) is 6.18. The van der Waals surface area contributed by atoms with Crippen molar-refractivity contribution in [3.05, 3.63) is 20.2 Å². The summed E-state index contributed by atoms with van der Waals surface area (Å²) in [6.07, 6.45) is 0.889. The summed E-state index contributed by atoms with van der Waals surface area (Å²) in [5.41, 5.74) is 1.05. The van der Waals surface area contributed by atoms with Gasteiger partial charge >= 0.3 is 0 Å². The Morgan fingerprint density at radius 2 is 2.06 bits per heavy atom. The molecule has 1 aliphatic rings. The molecule has 2 heterocycles. The number of likely N-dealkylation sites (N-methyl/N-ethyl adjacent to an activating group) is 2. The third kappa shape index (κ3) is 2.95. The lowest BCUT2D eigenvalue weighted by Gasteiger charge is -2.36. The number of aromatic nitrogens is 2. The lowest BCUT2D eigenvalue weighted by Crippen LogP contribution is -2.45. The normalized spacial score (nSPS) is 22.4. The smallest absolute Gasteiger partial charge is 0.148 e. The molecule has 0 radical (unpaired) electrons. The largest absolute Gasteiger partial charge is 0.303 e. The summed E-state index contributed by atoms with van der Waals surface area (Å²) in [5, 5.41) is 0.582. The predicted molar refractivity (Wildman–Crippen MR) is 82.0 cm³/mol. The predicted octanol–water partition coefficient (Wildman–Crippen LogP) is 2.22. The molecule has 18 heavy (non-hydrogen) atoms. The first kappa shape index (κ1) is 14.4. The zero-order valence-electron chi connectivity index (χ0n) is 11.0. The van der Waals surface area contributed by atoms with E-state index in [0.717, 1.165) is 41.1 Å². The summed E-state index contributed by atoms with van der Waals surface area (Å²) in [4.78, 5) is 13.8. The maximum atomic E-state index is 6.21. The average molecular weight is 381 g/mol. The molecule has 1 fully saturated rings. The minimum atomic E-state index is 0.239. The molecule has 6 heteroatoms. The molecule has 0 bridgehead atoms. The molecule has 1 unspecified atom stereocenters. The van der Waals surface area contributed by atoms with Crippen LogP contribution >= 0.6 is 34.2 Å². The summed E-state index contributed by atoms with van der Waals surface area (Å²) < 4.78 is 0.979. The minimum absolute atomic E-state index is 0.239. The van der Waals surface area contributed by atoms with Gasteiger partial charge in [-0.2, -0.15) is 0 Å². The molecule has 0 saturated carbocycles. The minimum Gasteiger partial charge on any atom is -0.303 e. The van der Waals surface area contributed by atoms with Gasteiger partial charge in [0.05, 0.1) is 15.3 Å². The number of halogens is 2. The summed E-state index contributed by atoms with van der Waals surface area (Å²) in [7, 11) is 4.26. The van der Waals surface area contributed by atoms with Gasteiger partial charge in [0.25, 0.3) is 0 Å². The first-order valence-corrected chi connectivity index (χ1v) is 7.59. The molecular formula is C12H18ClIN4. The van der Waals surface area contributed by atoms with Gasteiger partial charge in [-0.1, -0.05) is 18.5 Å². The lowest BCUT2D eigenvalue weighted by atomic mass is 10.1. The quantitative estimate of drug-likeness (QED) is 0.582. The number of piperazine rings is 1. The van der Waals surface area contributed by atoms with Crippen molar-refractivity contribution >= 4 is 34.2 Å². The SMILES string of the molecule is CCc1nc(C2CN(C)CCN2C)nc(Cl)c1I. The van der Waals surface area contributed by atoms with Crippen LogP contribution in [0.1, 0.15) is 24.5 Å². The fourth-order valence-electron chi connectivity index (χ4n) is 2.15. The molecule has 100 valence electrons. The molecule has 0 spiro atoms. The lowest BCUT2D eigenvalue weighted by molar-refractivity contribution is 0.109. The molecule has 0 N–H and O–H groups in total. The van der Waals surface area contributed by atoms with E-state index >= 15 is 0 Å². The Balaban J connectivity index is 2.35. The van der Waals surface area contributed by atoms with Crippen molar-refractivity contribution in [1.82, 2.24) is 19.8 Å². The van der Waals surface area contributed by atoms with E-state index in [4.69, 9.17) is 11.6 Å². The topological polar surface area (TPSA) is 32.3 Å². The third-order valence-electron chi connectivity index (χ3n) is 3.38. The Morgan fingerprint density at radius 3 is 2.72 bits per heavy atom. The number of hydrogen-bond acceptors (Lipinski definition) is 4. The Hall–Kier alpha value is 0.0200. The van der Waals surface area contributed by atoms with Gasteiger partial charge < -0.3 is 4.90 Å². The van der Waals surface area contributed by atoms with Crippen LogP contribution in [0.3, 0.4) is 0 Å².